The van der Waals surface area contributed by atoms with Crippen LogP contribution in [-0.2, 0) is 41.1 Å². The van der Waals surface area contributed by atoms with Gasteiger partial charge in [0.2, 0.25) is 11.8 Å². The summed E-state index contributed by atoms with van der Waals surface area (Å²) in [6.45, 7) is 3.42. The number of benzene rings is 2. The first-order valence-corrected chi connectivity index (χ1v) is 19.0. The minimum atomic E-state index is -1.01. The second-order valence-electron chi connectivity index (χ2n) is 14.5. The molecule has 2 aromatic carbocycles. The van der Waals surface area contributed by atoms with Crippen LogP contribution < -0.4 is 25.1 Å². The third kappa shape index (κ3) is 7.53. The van der Waals surface area contributed by atoms with E-state index in [1.165, 1.54) is 12.1 Å². The summed E-state index contributed by atoms with van der Waals surface area (Å²) < 4.78 is 27.0. The van der Waals surface area contributed by atoms with E-state index < -0.39 is 29.7 Å². The highest BCUT2D eigenvalue weighted by Crippen LogP contribution is 2.38. The van der Waals surface area contributed by atoms with Gasteiger partial charge in [0.1, 0.15) is 29.0 Å². The number of hydrogen-bond donors (Lipinski definition) is 1. The number of rotatable bonds is 15. The Balaban J connectivity index is 0.780. The Labute approximate surface area is 332 Å². The van der Waals surface area contributed by atoms with E-state index in [1.54, 1.807) is 49.0 Å². The van der Waals surface area contributed by atoms with Gasteiger partial charge in [-0.2, -0.15) is 0 Å². The summed E-state index contributed by atoms with van der Waals surface area (Å²) in [6, 6.07) is 9.47. The summed E-state index contributed by atoms with van der Waals surface area (Å²) in [7, 11) is 5.01. The monoisotopic (exact) mass is 790 g/mol. The number of pyridine rings is 2. The maximum atomic E-state index is 13.1. The van der Waals surface area contributed by atoms with Crippen LogP contribution in [0.25, 0.3) is 21.9 Å². The first-order chi connectivity index (χ1) is 28.1. The van der Waals surface area contributed by atoms with E-state index in [1.807, 2.05) is 30.6 Å². The van der Waals surface area contributed by atoms with Gasteiger partial charge in [-0.05, 0) is 66.6 Å². The van der Waals surface area contributed by atoms with Crippen LogP contribution in [0.4, 0.5) is 0 Å². The summed E-state index contributed by atoms with van der Waals surface area (Å²) in [5, 5.41) is 12.0. The molecule has 3 aliphatic rings. The summed E-state index contributed by atoms with van der Waals surface area (Å²) in [5.74, 6) is -0.366. The van der Waals surface area contributed by atoms with Gasteiger partial charge in [-0.15, -0.1) is 5.10 Å². The summed E-state index contributed by atoms with van der Waals surface area (Å²) >= 11 is 0. The Hall–Kier alpha value is -6.46. The molecule has 300 valence electrons. The number of piperidine rings is 1. The Morgan fingerprint density at radius 1 is 0.879 bits per heavy atom. The number of unbranched alkanes of at least 4 members (excludes halogenated alkanes) is 1. The first kappa shape index (κ1) is 38.4. The van der Waals surface area contributed by atoms with Crippen molar-refractivity contribution >= 4 is 34.4 Å². The van der Waals surface area contributed by atoms with Crippen molar-refractivity contribution in [2.24, 2.45) is 7.05 Å². The van der Waals surface area contributed by atoms with Crippen LogP contribution in [0.5, 0.6) is 17.2 Å². The molecule has 0 saturated carbocycles. The molecule has 1 unspecified atom stereocenters. The molecule has 6 heterocycles. The molecule has 1 atom stereocenters. The normalized spacial score (nSPS) is 17.1. The number of hydrogen-bond acceptors (Lipinski definition) is 13. The molecule has 2 saturated heterocycles. The highest BCUT2D eigenvalue weighted by Gasteiger charge is 2.44. The zero-order valence-electron chi connectivity index (χ0n) is 32.3. The van der Waals surface area contributed by atoms with Crippen molar-refractivity contribution in [3.63, 3.8) is 0 Å². The Morgan fingerprint density at radius 3 is 2.41 bits per heavy atom. The van der Waals surface area contributed by atoms with Gasteiger partial charge in [0.15, 0.2) is 0 Å². The number of aryl methyl sites for hydroxylation is 2. The number of fused-ring (bicyclic) bond motifs is 2. The Kier molecular flexibility index (Phi) is 10.7. The van der Waals surface area contributed by atoms with Crippen molar-refractivity contribution in [2.45, 2.75) is 57.5 Å². The lowest BCUT2D eigenvalue weighted by atomic mass is 9.98. The molecule has 5 aromatic rings. The molecule has 3 aliphatic heterocycles. The summed E-state index contributed by atoms with van der Waals surface area (Å²) in [6.07, 6.45) is 8.63. The summed E-state index contributed by atoms with van der Waals surface area (Å²) in [5.41, 5.74) is 3.68. The van der Waals surface area contributed by atoms with Crippen LogP contribution in [0, 0.1) is 0 Å². The van der Waals surface area contributed by atoms with Gasteiger partial charge < -0.3 is 23.5 Å². The zero-order chi connectivity index (χ0) is 40.5. The number of imide groups is 2. The van der Waals surface area contributed by atoms with Crippen molar-refractivity contribution in [3.05, 3.63) is 93.9 Å². The predicted molar refractivity (Wildman–Crippen MR) is 207 cm³/mol. The Morgan fingerprint density at radius 2 is 1.66 bits per heavy atom. The second-order valence-corrected chi connectivity index (χ2v) is 14.5. The maximum Gasteiger partial charge on any atom is 0.262 e. The van der Waals surface area contributed by atoms with Gasteiger partial charge in [-0.1, -0.05) is 5.21 Å². The van der Waals surface area contributed by atoms with Crippen LogP contribution in [0.1, 0.15) is 57.7 Å². The molecule has 0 radical (unpaired) electrons. The Bertz CT molecular complexity index is 2470. The number of nitrogens with one attached hydrogen (secondary N) is 1. The molecular formula is C41H42N8O9. The lowest BCUT2D eigenvalue weighted by molar-refractivity contribution is -0.136. The van der Waals surface area contributed by atoms with E-state index in [9.17, 15) is 24.0 Å². The average molecular weight is 791 g/mol. The molecule has 0 aliphatic carbocycles. The van der Waals surface area contributed by atoms with E-state index >= 15 is 0 Å². The molecule has 17 heteroatoms. The van der Waals surface area contributed by atoms with Crippen LogP contribution >= 0.6 is 0 Å². The molecule has 1 N–H and O–H groups in total. The SMILES string of the molecule is COc1cc(-c2cn(C)c(=O)c3cnccc23)cc(OC)c1CN1CC(OCc2cn(CCCCOc3ccc4c(c3)C(=O)N(C3CCC(=O)NC3=O)C4=O)nn2)C1. The number of carbonyl (C=O) groups is 4. The van der Waals surface area contributed by atoms with Gasteiger partial charge in [0.05, 0.1) is 61.8 Å². The van der Waals surface area contributed by atoms with E-state index in [2.05, 4.69) is 25.5 Å². The number of amides is 4. The van der Waals surface area contributed by atoms with Gasteiger partial charge in [-0.25, -0.2) is 0 Å². The van der Waals surface area contributed by atoms with E-state index in [4.69, 9.17) is 18.9 Å². The average Bonchev–Trinajstić information content (AvgIpc) is 3.77. The van der Waals surface area contributed by atoms with Gasteiger partial charge in [0.25, 0.3) is 17.4 Å². The van der Waals surface area contributed by atoms with Gasteiger partial charge in [-0.3, -0.25) is 48.8 Å². The largest absolute Gasteiger partial charge is 0.496 e. The predicted octanol–water partition coefficient (Wildman–Crippen LogP) is 2.87. The molecule has 8 rings (SSSR count). The number of aromatic nitrogens is 5. The molecule has 17 nitrogen and oxygen atoms in total. The molecule has 2 fully saturated rings. The molecule has 58 heavy (non-hydrogen) atoms. The van der Waals surface area contributed by atoms with Crippen LogP contribution in [0.2, 0.25) is 0 Å². The smallest absolute Gasteiger partial charge is 0.262 e. The van der Waals surface area contributed by atoms with Crippen molar-refractivity contribution < 1.29 is 38.1 Å². The fourth-order valence-corrected chi connectivity index (χ4v) is 7.64. The molecule has 4 amide bonds. The van der Waals surface area contributed by atoms with Crippen molar-refractivity contribution in [1.29, 1.82) is 0 Å². The first-order valence-electron chi connectivity index (χ1n) is 19.0. The number of methoxy groups -OCH3 is 2. The highest BCUT2D eigenvalue weighted by molar-refractivity contribution is 6.23. The molecule has 0 spiro atoms. The quantitative estimate of drug-likeness (QED) is 0.121. The van der Waals surface area contributed by atoms with Crippen LogP contribution in [-0.4, -0.2) is 104 Å². The molecule has 3 aromatic heterocycles. The van der Waals surface area contributed by atoms with E-state index in [-0.39, 0.29) is 35.6 Å². The number of carbonyl (C=O) groups excluding carboxylic acids is 4. The zero-order valence-corrected chi connectivity index (χ0v) is 32.3. The topological polar surface area (TPSA) is 189 Å². The van der Waals surface area contributed by atoms with Crippen molar-refractivity contribution in [3.8, 4) is 28.4 Å². The van der Waals surface area contributed by atoms with Crippen molar-refractivity contribution in [2.75, 3.05) is 33.9 Å². The summed E-state index contributed by atoms with van der Waals surface area (Å²) in [4.78, 5) is 69.9. The molecular weight excluding hydrogens is 748 g/mol. The lowest BCUT2D eigenvalue weighted by Gasteiger charge is -2.39. The van der Waals surface area contributed by atoms with Gasteiger partial charge in [0, 0.05) is 63.8 Å². The second kappa shape index (κ2) is 16.2. The fraction of sp³-hybridized carbons (Fsp3) is 0.366. The van der Waals surface area contributed by atoms with Crippen LogP contribution in [0.15, 0.2) is 66.0 Å². The minimum absolute atomic E-state index is 0.0391. The van der Waals surface area contributed by atoms with Gasteiger partial charge >= 0.3 is 0 Å². The number of nitrogens with zero attached hydrogens (tertiary/aromatic N) is 7. The number of ether oxygens (including phenoxy) is 4. The van der Waals surface area contributed by atoms with Crippen LogP contribution in [0.3, 0.4) is 0 Å². The van der Waals surface area contributed by atoms with E-state index in [0.29, 0.717) is 55.4 Å². The third-order valence-corrected chi connectivity index (χ3v) is 10.7. The number of likely N-dealkylation sites (tertiary alicyclic amines) is 1. The fourth-order valence-electron chi connectivity index (χ4n) is 7.64. The maximum absolute atomic E-state index is 13.1. The van der Waals surface area contributed by atoms with E-state index in [0.717, 1.165) is 52.2 Å². The molecule has 0 bridgehead atoms. The lowest BCUT2D eigenvalue weighted by Crippen LogP contribution is -2.54. The third-order valence-electron chi connectivity index (χ3n) is 10.7. The minimum Gasteiger partial charge on any atom is -0.496 e. The highest BCUT2D eigenvalue weighted by atomic mass is 16.5. The standard InChI is InChI=1S/C41H42N8O9/c1-46-21-32(28-10-11-42-17-31(28)39(46)52)24-14-35(55-2)33(36(15-24)56-3)22-47-19-27(20-47)58-23-25-18-48(45-44-25)12-4-5-13-57-26-6-7-29-30(16-26)41(54)49(40(29)53)34-8-9-37(50)43-38(34)51/h6-7,10-11,14-18,21,27,34H,4-5,8-9,12-13,19-20,22-23H2,1-3H3,(H,43,50,51). The van der Waals surface area contributed by atoms with Crippen molar-refractivity contribution in [1.82, 2.24) is 39.7 Å².